The molecule has 1 aliphatic rings. The zero-order chi connectivity index (χ0) is 15.2. The summed E-state index contributed by atoms with van der Waals surface area (Å²) in [5.41, 5.74) is 2.72. The molecule has 4 nitrogen and oxygen atoms in total. The summed E-state index contributed by atoms with van der Waals surface area (Å²) in [6, 6.07) is 6.66. The van der Waals surface area contributed by atoms with Gasteiger partial charge in [0.2, 0.25) is 0 Å². The van der Waals surface area contributed by atoms with Crippen LogP contribution in [0.15, 0.2) is 18.2 Å². The van der Waals surface area contributed by atoms with E-state index in [1.807, 2.05) is 13.0 Å². The standard InChI is InChI=1S/C17H26N2O2/c1-4-18-16-8-6-7-13-11-14(9-10-15(13)16)21-12(3)17(20)19-5-2/h9-12,16,18H,4-8H2,1-3H3,(H,19,20). The Balaban J connectivity index is 2.08. The Bertz CT molecular complexity index is 488. The van der Waals surface area contributed by atoms with E-state index in [0.717, 1.165) is 18.7 Å². The van der Waals surface area contributed by atoms with Crippen LogP contribution in [0.5, 0.6) is 5.75 Å². The summed E-state index contributed by atoms with van der Waals surface area (Å²) in [6.07, 6.45) is 3.01. The number of ether oxygens (including phenoxy) is 1. The maximum Gasteiger partial charge on any atom is 0.260 e. The number of rotatable bonds is 6. The highest BCUT2D eigenvalue weighted by molar-refractivity contribution is 5.80. The van der Waals surface area contributed by atoms with Gasteiger partial charge in [0.1, 0.15) is 5.75 Å². The number of nitrogens with one attached hydrogen (secondary N) is 2. The van der Waals surface area contributed by atoms with Crippen molar-refractivity contribution in [2.75, 3.05) is 13.1 Å². The Morgan fingerprint density at radius 3 is 2.90 bits per heavy atom. The lowest BCUT2D eigenvalue weighted by Gasteiger charge is -2.27. The Kier molecular flexibility index (Phi) is 5.62. The number of aryl methyl sites for hydroxylation is 1. The van der Waals surface area contributed by atoms with Crippen molar-refractivity contribution in [3.05, 3.63) is 29.3 Å². The molecule has 2 unspecified atom stereocenters. The summed E-state index contributed by atoms with van der Waals surface area (Å²) in [4.78, 5) is 11.7. The first kappa shape index (κ1) is 15.8. The molecular weight excluding hydrogens is 264 g/mol. The fourth-order valence-corrected chi connectivity index (χ4v) is 2.90. The number of amides is 1. The minimum absolute atomic E-state index is 0.0688. The first-order chi connectivity index (χ1) is 10.2. The molecule has 2 rings (SSSR count). The fraction of sp³-hybridized carbons (Fsp3) is 0.588. The van der Waals surface area contributed by atoms with E-state index in [9.17, 15) is 4.79 Å². The third kappa shape index (κ3) is 3.97. The predicted octanol–water partition coefficient (Wildman–Crippen LogP) is 2.58. The number of benzene rings is 1. The van der Waals surface area contributed by atoms with Gasteiger partial charge in [0, 0.05) is 12.6 Å². The lowest BCUT2D eigenvalue weighted by molar-refractivity contribution is -0.127. The van der Waals surface area contributed by atoms with Gasteiger partial charge in [-0.2, -0.15) is 0 Å². The van der Waals surface area contributed by atoms with Crippen molar-refractivity contribution in [2.24, 2.45) is 0 Å². The third-order valence-electron chi connectivity index (χ3n) is 3.91. The van der Waals surface area contributed by atoms with E-state index in [1.165, 1.54) is 24.0 Å². The molecule has 0 aromatic heterocycles. The van der Waals surface area contributed by atoms with Crippen molar-refractivity contribution in [1.29, 1.82) is 0 Å². The van der Waals surface area contributed by atoms with Crippen molar-refractivity contribution in [1.82, 2.24) is 10.6 Å². The maximum absolute atomic E-state index is 11.7. The maximum atomic E-state index is 11.7. The molecule has 1 aromatic carbocycles. The van der Waals surface area contributed by atoms with Gasteiger partial charge in [0.15, 0.2) is 6.10 Å². The molecule has 116 valence electrons. The topological polar surface area (TPSA) is 50.4 Å². The molecule has 4 heteroatoms. The van der Waals surface area contributed by atoms with Gasteiger partial charge in [-0.05, 0) is 62.9 Å². The number of fused-ring (bicyclic) bond motifs is 1. The molecule has 0 spiro atoms. The van der Waals surface area contributed by atoms with Gasteiger partial charge in [-0.1, -0.05) is 13.0 Å². The highest BCUT2D eigenvalue weighted by atomic mass is 16.5. The summed E-state index contributed by atoms with van der Waals surface area (Å²) >= 11 is 0. The molecule has 2 atom stereocenters. The molecule has 1 aliphatic carbocycles. The van der Waals surface area contributed by atoms with Crippen molar-refractivity contribution < 1.29 is 9.53 Å². The van der Waals surface area contributed by atoms with Gasteiger partial charge in [0.25, 0.3) is 5.91 Å². The van der Waals surface area contributed by atoms with Crippen LogP contribution in [0.25, 0.3) is 0 Å². The second-order valence-electron chi connectivity index (χ2n) is 5.52. The van der Waals surface area contributed by atoms with Crippen molar-refractivity contribution in [2.45, 2.75) is 52.2 Å². The van der Waals surface area contributed by atoms with Crippen molar-refractivity contribution in [3.63, 3.8) is 0 Å². The Morgan fingerprint density at radius 2 is 2.19 bits per heavy atom. The number of carbonyl (C=O) groups excluding carboxylic acids is 1. The Labute approximate surface area is 127 Å². The molecule has 0 heterocycles. The molecule has 0 fully saturated rings. The summed E-state index contributed by atoms with van der Waals surface area (Å²) < 4.78 is 5.76. The van der Waals surface area contributed by atoms with Gasteiger partial charge in [-0.3, -0.25) is 4.79 Å². The second-order valence-corrected chi connectivity index (χ2v) is 5.52. The average Bonchev–Trinajstić information content (AvgIpc) is 2.48. The van der Waals surface area contributed by atoms with Gasteiger partial charge < -0.3 is 15.4 Å². The smallest absolute Gasteiger partial charge is 0.260 e. The minimum Gasteiger partial charge on any atom is -0.481 e. The van der Waals surface area contributed by atoms with E-state index in [-0.39, 0.29) is 5.91 Å². The van der Waals surface area contributed by atoms with Crippen LogP contribution in [0.2, 0.25) is 0 Å². The van der Waals surface area contributed by atoms with Crippen LogP contribution in [0, 0.1) is 0 Å². The highest BCUT2D eigenvalue weighted by Gasteiger charge is 2.20. The number of hydrogen-bond donors (Lipinski definition) is 2. The molecule has 2 N–H and O–H groups in total. The van der Waals surface area contributed by atoms with Crippen LogP contribution in [-0.2, 0) is 11.2 Å². The first-order valence-corrected chi connectivity index (χ1v) is 7.96. The summed E-state index contributed by atoms with van der Waals surface area (Å²) in [5, 5.41) is 6.31. The number of likely N-dealkylation sites (N-methyl/N-ethyl adjacent to an activating group) is 1. The summed E-state index contributed by atoms with van der Waals surface area (Å²) in [6.45, 7) is 7.44. The zero-order valence-corrected chi connectivity index (χ0v) is 13.2. The molecule has 0 saturated heterocycles. The average molecular weight is 290 g/mol. The molecule has 0 bridgehead atoms. The fourth-order valence-electron chi connectivity index (χ4n) is 2.90. The van der Waals surface area contributed by atoms with Crippen LogP contribution in [0.1, 0.15) is 50.8 Å². The second kappa shape index (κ2) is 7.46. The van der Waals surface area contributed by atoms with Crippen molar-refractivity contribution in [3.8, 4) is 5.75 Å². The SMILES string of the molecule is CCNC(=O)C(C)Oc1ccc2c(c1)CCCC2NCC. The molecule has 0 saturated carbocycles. The van der Waals surface area contributed by atoms with E-state index in [0.29, 0.717) is 12.6 Å². The van der Waals surface area contributed by atoms with Crippen LogP contribution < -0.4 is 15.4 Å². The predicted molar refractivity (Wildman–Crippen MR) is 84.6 cm³/mol. The van der Waals surface area contributed by atoms with Crippen LogP contribution >= 0.6 is 0 Å². The monoisotopic (exact) mass is 290 g/mol. The normalized spacial score (nSPS) is 18.7. The number of hydrogen-bond acceptors (Lipinski definition) is 3. The lowest BCUT2D eigenvalue weighted by atomic mass is 9.87. The van der Waals surface area contributed by atoms with Gasteiger partial charge >= 0.3 is 0 Å². The van der Waals surface area contributed by atoms with E-state index in [2.05, 4.69) is 29.7 Å². The molecule has 1 aromatic rings. The lowest BCUT2D eigenvalue weighted by Crippen LogP contribution is -2.36. The Morgan fingerprint density at radius 1 is 1.38 bits per heavy atom. The quantitative estimate of drug-likeness (QED) is 0.846. The Hall–Kier alpha value is -1.55. The molecule has 0 radical (unpaired) electrons. The van der Waals surface area contributed by atoms with Crippen LogP contribution in [-0.4, -0.2) is 25.1 Å². The first-order valence-electron chi connectivity index (χ1n) is 7.96. The molecular formula is C17H26N2O2. The van der Waals surface area contributed by atoms with Crippen LogP contribution in [0.3, 0.4) is 0 Å². The molecule has 21 heavy (non-hydrogen) atoms. The molecule has 1 amide bonds. The van der Waals surface area contributed by atoms with Crippen LogP contribution in [0.4, 0.5) is 0 Å². The summed E-state index contributed by atoms with van der Waals surface area (Å²) in [5.74, 6) is 0.713. The summed E-state index contributed by atoms with van der Waals surface area (Å²) in [7, 11) is 0. The van der Waals surface area contributed by atoms with E-state index >= 15 is 0 Å². The van der Waals surface area contributed by atoms with E-state index < -0.39 is 6.10 Å². The zero-order valence-electron chi connectivity index (χ0n) is 13.2. The van der Waals surface area contributed by atoms with E-state index in [1.54, 1.807) is 6.92 Å². The van der Waals surface area contributed by atoms with E-state index in [4.69, 9.17) is 4.74 Å². The van der Waals surface area contributed by atoms with Gasteiger partial charge in [-0.15, -0.1) is 0 Å². The van der Waals surface area contributed by atoms with Gasteiger partial charge in [0.05, 0.1) is 0 Å². The minimum atomic E-state index is -0.462. The highest BCUT2D eigenvalue weighted by Crippen LogP contribution is 2.32. The largest absolute Gasteiger partial charge is 0.481 e. The number of carbonyl (C=O) groups is 1. The molecule has 0 aliphatic heterocycles. The van der Waals surface area contributed by atoms with Crippen molar-refractivity contribution >= 4 is 5.91 Å². The van der Waals surface area contributed by atoms with Gasteiger partial charge in [-0.25, -0.2) is 0 Å². The third-order valence-corrected chi connectivity index (χ3v) is 3.91.